The van der Waals surface area contributed by atoms with E-state index in [0.717, 1.165) is 22.6 Å². The van der Waals surface area contributed by atoms with Crippen molar-refractivity contribution < 1.29 is 0 Å². The Balaban J connectivity index is 2.06. The van der Waals surface area contributed by atoms with Crippen LogP contribution < -0.4 is 4.90 Å². The lowest BCUT2D eigenvalue weighted by atomic mass is 10.1. The van der Waals surface area contributed by atoms with Gasteiger partial charge in [0.1, 0.15) is 0 Å². The predicted molar refractivity (Wildman–Crippen MR) is 94.6 cm³/mol. The summed E-state index contributed by atoms with van der Waals surface area (Å²) in [6.45, 7) is 0. The van der Waals surface area contributed by atoms with Crippen LogP contribution in [0.15, 0.2) is 89.9 Å². The lowest BCUT2D eigenvalue weighted by Crippen LogP contribution is -2.09. The van der Waals surface area contributed by atoms with Gasteiger partial charge in [0.15, 0.2) is 0 Å². The molecule has 108 valence electrons. The predicted octanol–water partition coefficient (Wildman–Crippen LogP) is 5.21. The fraction of sp³-hybridized carbons (Fsp3) is 0.0500. The smallest absolute Gasteiger partial charge is 0.0462 e. The number of aliphatic imine (C=N–C) groups is 1. The van der Waals surface area contributed by atoms with E-state index in [1.54, 1.807) is 7.05 Å². The molecule has 0 fully saturated rings. The number of hydrogen-bond acceptors (Lipinski definition) is 2. The third kappa shape index (κ3) is 3.07. The Bertz CT molecular complexity index is 692. The topological polar surface area (TPSA) is 15.6 Å². The first-order valence-electron chi connectivity index (χ1n) is 7.31. The quantitative estimate of drug-likeness (QED) is 0.601. The summed E-state index contributed by atoms with van der Waals surface area (Å²) in [6.07, 6.45) is 1.86. The molecule has 3 aromatic rings. The highest BCUT2D eigenvalue weighted by Crippen LogP contribution is 2.33. The van der Waals surface area contributed by atoms with Crippen LogP contribution in [0.1, 0.15) is 5.56 Å². The minimum absolute atomic E-state index is 1.10. The van der Waals surface area contributed by atoms with Gasteiger partial charge in [-0.25, -0.2) is 0 Å². The molecule has 2 nitrogen and oxygen atoms in total. The molecule has 22 heavy (non-hydrogen) atoms. The number of rotatable bonds is 4. The average Bonchev–Trinajstić information content (AvgIpc) is 2.59. The molecule has 0 heterocycles. The van der Waals surface area contributed by atoms with Crippen LogP contribution >= 0.6 is 0 Å². The van der Waals surface area contributed by atoms with Crippen molar-refractivity contribution in [2.45, 2.75) is 0 Å². The summed E-state index contributed by atoms with van der Waals surface area (Å²) in [7, 11) is 1.79. The van der Waals surface area contributed by atoms with Gasteiger partial charge in [-0.2, -0.15) is 0 Å². The molecule has 0 radical (unpaired) electrons. The monoisotopic (exact) mass is 286 g/mol. The molecule has 0 saturated carbocycles. The van der Waals surface area contributed by atoms with Gasteiger partial charge in [-0.3, -0.25) is 4.99 Å². The van der Waals surface area contributed by atoms with Gasteiger partial charge < -0.3 is 4.90 Å². The summed E-state index contributed by atoms with van der Waals surface area (Å²) in [6, 6.07) is 29.2. The fourth-order valence-corrected chi connectivity index (χ4v) is 2.46. The van der Waals surface area contributed by atoms with E-state index in [4.69, 9.17) is 0 Å². The number of hydrogen-bond donors (Lipinski definition) is 0. The second kappa shape index (κ2) is 6.72. The van der Waals surface area contributed by atoms with Gasteiger partial charge >= 0.3 is 0 Å². The Morgan fingerprint density at radius 3 is 1.55 bits per heavy atom. The molecule has 0 N–H and O–H groups in total. The van der Waals surface area contributed by atoms with Gasteiger partial charge in [-0.05, 0) is 42.0 Å². The van der Waals surface area contributed by atoms with Crippen molar-refractivity contribution in [3.63, 3.8) is 0 Å². The molecule has 0 bridgehead atoms. The number of nitrogens with zero attached hydrogens (tertiary/aromatic N) is 2. The molecular formula is C20H18N2. The zero-order valence-electron chi connectivity index (χ0n) is 12.6. The van der Waals surface area contributed by atoms with Crippen LogP contribution in [0.25, 0.3) is 0 Å². The second-order valence-corrected chi connectivity index (χ2v) is 4.99. The van der Waals surface area contributed by atoms with Crippen molar-refractivity contribution in [1.29, 1.82) is 0 Å². The molecule has 3 rings (SSSR count). The molecule has 0 aliphatic rings. The summed E-state index contributed by atoms with van der Waals surface area (Å²) in [5.41, 5.74) is 4.52. The van der Waals surface area contributed by atoms with Gasteiger partial charge in [0.05, 0.1) is 0 Å². The van der Waals surface area contributed by atoms with Crippen LogP contribution in [0.3, 0.4) is 0 Å². The van der Waals surface area contributed by atoms with Crippen molar-refractivity contribution in [2.24, 2.45) is 4.99 Å². The first-order chi connectivity index (χ1) is 10.9. The minimum atomic E-state index is 1.10. The third-order valence-electron chi connectivity index (χ3n) is 3.46. The highest BCUT2D eigenvalue weighted by Gasteiger charge is 2.11. The van der Waals surface area contributed by atoms with Crippen LogP contribution in [0.4, 0.5) is 17.1 Å². The molecule has 0 atom stereocenters. The molecule has 0 aliphatic heterocycles. The largest absolute Gasteiger partial charge is 0.311 e. The van der Waals surface area contributed by atoms with Gasteiger partial charge in [0, 0.05) is 30.3 Å². The minimum Gasteiger partial charge on any atom is -0.311 e. The Morgan fingerprint density at radius 1 is 0.636 bits per heavy atom. The van der Waals surface area contributed by atoms with Gasteiger partial charge in [0.2, 0.25) is 0 Å². The Kier molecular flexibility index (Phi) is 4.30. The summed E-state index contributed by atoms with van der Waals surface area (Å²) in [4.78, 5) is 6.30. The highest BCUT2D eigenvalue weighted by molar-refractivity contribution is 5.82. The number of benzene rings is 3. The van der Waals surface area contributed by atoms with Gasteiger partial charge in [-0.1, -0.05) is 48.5 Å². The Hall–Kier alpha value is -2.87. The fourth-order valence-electron chi connectivity index (χ4n) is 2.46. The van der Waals surface area contributed by atoms with Crippen LogP contribution in [-0.4, -0.2) is 13.3 Å². The summed E-state index contributed by atoms with van der Waals surface area (Å²) >= 11 is 0. The van der Waals surface area contributed by atoms with E-state index in [1.165, 1.54) is 0 Å². The van der Waals surface area contributed by atoms with Crippen LogP contribution in [0.2, 0.25) is 0 Å². The lowest BCUT2D eigenvalue weighted by Gasteiger charge is -2.25. The molecule has 0 aromatic heterocycles. The van der Waals surface area contributed by atoms with Crippen LogP contribution in [0.5, 0.6) is 0 Å². The maximum atomic E-state index is 4.06. The van der Waals surface area contributed by atoms with Crippen molar-refractivity contribution in [1.82, 2.24) is 0 Å². The highest BCUT2D eigenvalue weighted by atomic mass is 15.1. The lowest BCUT2D eigenvalue weighted by molar-refractivity contribution is 1.28. The summed E-state index contributed by atoms with van der Waals surface area (Å²) in [5, 5.41) is 0. The Morgan fingerprint density at radius 2 is 1.09 bits per heavy atom. The molecular weight excluding hydrogens is 268 g/mol. The van der Waals surface area contributed by atoms with Gasteiger partial charge in [-0.15, -0.1) is 0 Å². The van der Waals surface area contributed by atoms with Crippen molar-refractivity contribution in [3.8, 4) is 0 Å². The second-order valence-electron chi connectivity index (χ2n) is 4.99. The van der Waals surface area contributed by atoms with E-state index >= 15 is 0 Å². The van der Waals surface area contributed by atoms with Crippen molar-refractivity contribution in [3.05, 3.63) is 90.5 Å². The number of anilines is 3. The maximum absolute atomic E-state index is 4.06. The van der Waals surface area contributed by atoms with E-state index in [9.17, 15) is 0 Å². The summed E-state index contributed by atoms with van der Waals surface area (Å²) < 4.78 is 0. The van der Waals surface area contributed by atoms with E-state index in [-0.39, 0.29) is 0 Å². The SMILES string of the molecule is CN=Cc1ccc(N(c2ccccc2)c2ccccc2)cc1. The van der Waals surface area contributed by atoms with Crippen molar-refractivity contribution in [2.75, 3.05) is 11.9 Å². The van der Waals surface area contributed by atoms with E-state index in [2.05, 4.69) is 82.7 Å². The average molecular weight is 286 g/mol. The first-order valence-corrected chi connectivity index (χ1v) is 7.31. The zero-order valence-corrected chi connectivity index (χ0v) is 12.6. The third-order valence-corrected chi connectivity index (χ3v) is 3.46. The van der Waals surface area contributed by atoms with Crippen LogP contribution in [0, 0.1) is 0 Å². The van der Waals surface area contributed by atoms with E-state index < -0.39 is 0 Å². The van der Waals surface area contributed by atoms with Crippen molar-refractivity contribution >= 4 is 23.3 Å². The standard InChI is InChI=1S/C20H18N2/c1-21-16-17-12-14-20(15-13-17)22(18-8-4-2-5-9-18)19-10-6-3-7-11-19/h2-16H,1H3. The van der Waals surface area contributed by atoms with E-state index in [0.29, 0.717) is 0 Å². The summed E-state index contributed by atoms with van der Waals surface area (Å²) in [5.74, 6) is 0. The Labute approximate surface area is 131 Å². The number of para-hydroxylation sites is 2. The molecule has 2 heteroatoms. The molecule has 0 saturated heterocycles. The first kappa shape index (κ1) is 14.1. The van der Waals surface area contributed by atoms with Crippen LogP contribution in [-0.2, 0) is 0 Å². The zero-order chi connectivity index (χ0) is 15.2. The molecule has 0 amide bonds. The molecule has 3 aromatic carbocycles. The molecule has 0 aliphatic carbocycles. The normalized spacial score (nSPS) is 10.8. The van der Waals surface area contributed by atoms with Gasteiger partial charge in [0.25, 0.3) is 0 Å². The maximum Gasteiger partial charge on any atom is 0.0462 e. The molecule has 0 unspecified atom stereocenters. The molecule has 0 spiro atoms. The van der Waals surface area contributed by atoms with E-state index in [1.807, 2.05) is 18.3 Å².